The zero-order valence-corrected chi connectivity index (χ0v) is 11.7. The first-order valence-corrected chi connectivity index (χ1v) is 6.90. The fourth-order valence-electron chi connectivity index (χ4n) is 3.36. The van der Waals surface area contributed by atoms with E-state index in [1.165, 1.54) is 0 Å². The van der Waals surface area contributed by atoms with Gasteiger partial charge in [-0.3, -0.25) is 9.59 Å². The number of amides is 1. The highest BCUT2D eigenvalue weighted by Gasteiger charge is 2.52. The Kier molecular flexibility index (Phi) is 4.60. The highest BCUT2D eigenvalue weighted by Crippen LogP contribution is 2.48. The van der Waals surface area contributed by atoms with Crippen molar-refractivity contribution in [3.63, 3.8) is 0 Å². The van der Waals surface area contributed by atoms with E-state index in [9.17, 15) is 14.7 Å². The van der Waals surface area contributed by atoms with E-state index < -0.39 is 17.8 Å². The lowest BCUT2D eigenvalue weighted by Gasteiger charge is -2.30. The smallest absolute Gasteiger partial charge is 0.307 e. The number of hydrogen-bond acceptors (Lipinski definition) is 3. The van der Waals surface area contributed by atoms with Gasteiger partial charge in [0.1, 0.15) is 0 Å². The van der Waals surface area contributed by atoms with Crippen LogP contribution in [0.15, 0.2) is 24.8 Å². The van der Waals surface area contributed by atoms with Gasteiger partial charge in [-0.25, -0.2) is 0 Å². The minimum atomic E-state index is -0.870. The molecule has 0 radical (unpaired) electrons. The molecule has 0 aromatic rings. The molecule has 110 valence electrons. The predicted octanol–water partition coefficient (Wildman–Crippen LogP) is 1.17. The van der Waals surface area contributed by atoms with Crippen molar-refractivity contribution < 1.29 is 19.4 Å². The lowest BCUT2D eigenvalue weighted by atomic mass is 9.82. The van der Waals surface area contributed by atoms with Crippen LogP contribution < -0.4 is 0 Å². The maximum absolute atomic E-state index is 12.7. The second-order valence-corrected chi connectivity index (χ2v) is 5.40. The number of methoxy groups -OCH3 is 1. The number of carbonyl (C=O) groups is 2. The van der Waals surface area contributed by atoms with Crippen LogP contribution in [0.3, 0.4) is 0 Å². The van der Waals surface area contributed by atoms with Crippen LogP contribution in [-0.2, 0) is 14.3 Å². The Balaban J connectivity index is 2.15. The number of nitrogens with zero attached hydrogens (tertiary/aromatic N) is 1. The van der Waals surface area contributed by atoms with Gasteiger partial charge < -0.3 is 14.7 Å². The van der Waals surface area contributed by atoms with Gasteiger partial charge in [0.25, 0.3) is 0 Å². The molecule has 0 aliphatic heterocycles. The zero-order valence-electron chi connectivity index (χ0n) is 11.7. The number of ether oxygens (including phenoxy) is 1. The van der Waals surface area contributed by atoms with E-state index in [1.54, 1.807) is 18.1 Å². The van der Waals surface area contributed by atoms with Crippen molar-refractivity contribution in [1.82, 2.24) is 4.90 Å². The molecule has 2 aliphatic rings. The third kappa shape index (κ3) is 2.63. The molecule has 1 saturated carbocycles. The number of hydrogen-bond donors (Lipinski definition) is 1. The van der Waals surface area contributed by atoms with Crippen molar-refractivity contribution in [3.8, 4) is 0 Å². The van der Waals surface area contributed by atoms with Crippen LogP contribution in [-0.4, -0.2) is 48.7 Å². The number of aliphatic carboxylic acids is 1. The van der Waals surface area contributed by atoms with E-state index in [1.807, 2.05) is 12.2 Å². The van der Waals surface area contributed by atoms with E-state index in [0.717, 1.165) is 6.42 Å². The summed E-state index contributed by atoms with van der Waals surface area (Å²) in [5.41, 5.74) is 0. The van der Waals surface area contributed by atoms with Gasteiger partial charge in [0.05, 0.1) is 18.4 Å². The molecule has 2 rings (SSSR count). The van der Waals surface area contributed by atoms with Crippen LogP contribution in [0.1, 0.15) is 6.42 Å². The molecule has 4 unspecified atom stereocenters. The second kappa shape index (κ2) is 6.22. The fourth-order valence-corrected chi connectivity index (χ4v) is 3.36. The highest BCUT2D eigenvalue weighted by atomic mass is 16.5. The quantitative estimate of drug-likeness (QED) is 0.710. The Hall–Kier alpha value is -1.62. The van der Waals surface area contributed by atoms with Crippen molar-refractivity contribution in [3.05, 3.63) is 24.8 Å². The topological polar surface area (TPSA) is 66.8 Å². The van der Waals surface area contributed by atoms with E-state index in [-0.39, 0.29) is 17.7 Å². The highest BCUT2D eigenvalue weighted by molar-refractivity contribution is 5.87. The molecule has 2 bridgehead atoms. The van der Waals surface area contributed by atoms with Crippen LogP contribution in [0, 0.1) is 23.7 Å². The molecule has 0 saturated heterocycles. The third-order valence-electron chi connectivity index (χ3n) is 4.26. The van der Waals surface area contributed by atoms with Crippen LogP contribution in [0.5, 0.6) is 0 Å². The maximum atomic E-state index is 12.7. The molecule has 1 N–H and O–H groups in total. The Morgan fingerprint density at radius 3 is 2.60 bits per heavy atom. The van der Waals surface area contributed by atoms with E-state index >= 15 is 0 Å². The molecule has 0 heterocycles. The first kappa shape index (κ1) is 14.8. The summed E-state index contributed by atoms with van der Waals surface area (Å²) in [4.78, 5) is 25.8. The van der Waals surface area contributed by atoms with Crippen molar-refractivity contribution in [2.75, 3.05) is 26.8 Å². The molecular weight excluding hydrogens is 258 g/mol. The third-order valence-corrected chi connectivity index (χ3v) is 4.26. The number of fused-ring (bicyclic) bond motifs is 2. The summed E-state index contributed by atoms with van der Waals surface area (Å²) in [6.07, 6.45) is 6.38. The normalized spacial score (nSPS) is 30.4. The molecule has 5 heteroatoms. The van der Waals surface area contributed by atoms with Crippen LogP contribution in [0.25, 0.3) is 0 Å². The van der Waals surface area contributed by atoms with Crippen molar-refractivity contribution in [2.45, 2.75) is 6.42 Å². The van der Waals surface area contributed by atoms with Gasteiger partial charge in [-0.2, -0.15) is 0 Å². The Bertz CT molecular complexity index is 432. The molecule has 1 amide bonds. The van der Waals surface area contributed by atoms with Gasteiger partial charge in [-0.15, -0.1) is 6.58 Å². The van der Waals surface area contributed by atoms with E-state index in [2.05, 4.69) is 6.58 Å². The van der Waals surface area contributed by atoms with Crippen LogP contribution in [0.4, 0.5) is 0 Å². The monoisotopic (exact) mass is 279 g/mol. The largest absolute Gasteiger partial charge is 0.481 e. The summed E-state index contributed by atoms with van der Waals surface area (Å²) in [5, 5.41) is 9.39. The molecule has 1 fully saturated rings. The summed E-state index contributed by atoms with van der Waals surface area (Å²) >= 11 is 0. The predicted molar refractivity (Wildman–Crippen MR) is 74.0 cm³/mol. The van der Waals surface area contributed by atoms with Gasteiger partial charge in [0, 0.05) is 20.2 Å². The zero-order chi connectivity index (χ0) is 14.7. The lowest BCUT2D eigenvalue weighted by molar-refractivity contribution is -0.151. The number of carboxylic acid groups (broad SMARTS) is 1. The SMILES string of the molecule is C=CCN(CCOC)C(=O)C1C2C=CC(C2)C1C(=O)O. The number of allylic oxidation sites excluding steroid dienone is 2. The molecular formula is C15H21NO4. The number of carbonyl (C=O) groups excluding carboxylic acids is 1. The fraction of sp³-hybridized carbons (Fsp3) is 0.600. The summed E-state index contributed by atoms with van der Waals surface area (Å²) in [6, 6.07) is 0. The summed E-state index contributed by atoms with van der Waals surface area (Å²) < 4.78 is 5.01. The first-order valence-electron chi connectivity index (χ1n) is 6.90. The van der Waals surface area contributed by atoms with Gasteiger partial charge in [0.2, 0.25) is 5.91 Å². The summed E-state index contributed by atoms with van der Waals surface area (Å²) in [6.45, 7) is 4.98. The van der Waals surface area contributed by atoms with Gasteiger partial charge in [0.15, 0.2) is 0 Å². The van der Waals surface area contributed by atoms with E-state index in [0.29, 0.717) is 19.7 Å². The Labute approximate surface area is 118 Å². The van der Waals surface area contributed by atoms with Crippen LogP contribution in [0.2, 0.25) is 0 Å². The average molecular weight is 279 g/mol. The maximum Gasteiger partial charge on any atom is 0.307 e. The lowest BCUT2D eigenvalue weighted by Crippen LogP contribution is -2.44. The minimum absolute atomic E-state index is 0.000503. The van der Waals surface area contributed by atoms with Gasteiger partial charge in [-0.05, 0) is 18.3 Å². The number of carboxylic acids is 1. The molecule has 4 atom stereocenters. The molecule has 20 heavy (non-hydrogen) atoms. The minimum Gasteiger partial charge on any atom is -0.481 e. The van der Waals surface area contributed by atoms with Crippen molar-refractivity contribution in [2.24, 2.45) is 23.7 Å². The Morgan fingerprint density at radius 2 is 2.05 bits per heavy atom. The van der Waals surface area contributed by atoms with Crippen LogP contribution >= 0.6 is 0 Å². The standard InChI is InChI=1S/C15H21NO4/c1-3-6-16(7-8-20-2)14(17)12-10-4-5-11(9-10)13(12)15(18)19/h3-5,10-13H,1,6-9H2,2H3,(H,18,19). The first-order chi connectivity index (χ1) is 9.60. The summed E-state index contributed by atoms with van der Waals surface area (Å²) in [5.74, 6) is -1.94. The molecule has 0 spiro atoms. The molecule has 5 nitrogen and oxygen atoms in total. The van der Waals surface area contributed by atoms with Crippen molar-refractivity contribution >= 4 is 11.9 Å². The molecule has 0 aromatic heterocycles. The molecule has 0 aromatic carbocycles. The number of rotatable bonds is 7. The Morgan fingerprint density at radius 1 is 1.40 bits per heavy atom. The summed E-state index contributed by atoms with van der Waals surface area (Å²) in [7, 11) is 1.58. The van der Waals surface area contributed by atoms with Gasteiger partial charge in [-0.1, -0.05) is 18.2 Å². The second-order valence-electron chi connectivity index (χ2n) is 5.40. The molecule has 2 aliphatic carbocycles. The van der Waals surface area contributed by atoms with Gasteiger partial charge >= 0.3 is 5.97 Å². The average Bonchev–Trinajstić information content (AvgIpc) is 3.02. The van der Waals surface area contributed by atoms with Crippen molar-refractivity contribution in [1.29, 1.82) is 0 Å². The van der Waals surface area contributed by atoms with E-state index in [4.69, 9.17) is 4.74 Å².